The van der Waals surface area contributed by atoms with E-state index in [1.165, 1.54) is 11.1 Å². The molecule has 1 aromatic heterocycles. The van der Waals surface area contributed by atoms with Crippen molar-refractivity contribution in [2.75, 3.05) is 25.6 Å². The van der Waals surface area contributed by atoms with Crippen LogP contribution in [0.25, 0.3) is 0 Å². The molecule has 128 valence electrons. The van der Waals surface area contributed by atoms with Crippen molar-refractivity contribution in [2.24, 2.45) is 4.99 Å². The molecule has 1 heterocycles. The molecule has 0 aliphatic rings. The Balaban J connectivity index is 0.00000441. The number of rotatable bonds is 7. The largest absolute Gasteiger partial charge is 0.356 e. The van der Waals surface area contributed by atoms with Gasteiger partial charge in [0.25, 0.3) is 0 Å². The van der Waals surface area contributed by atoms with Crippen molar-refractivity contribution in [2.45, 2.75) is 32.7 Å². The summed E-state index contributed by atoms with van der Waals surface area (Å²) in [6.45, 7) is 4.73. The smallest absolute Gasteiger partial charge is 0.191 e. The van der Waals surface area contributed by atoms with Gasteiger partial charge in [-0.3, -0.25) is 4.99 Å². The Hall–Kier alpha value is -0.420. The molecule has 0 aliphatic carbocycles. The second kappa shape index (κ2) is 10.4. The number of guanidine groups is 1. The number of aliphatic imine (C=N–C) groups is 1. The molecule has 0 amide bonds. The molecular weight excluding hydrogens is 435 g/mol. The molecule has 1 aromatic rings. The maximum absolute atomic E-state index is 11.1. The third kappa shape index (κ3) is 9.57. The van der Waals surface area contributed by atoms with Crippen LogP contribution in [0, 0.1) is 6.92 Å². The van der Waals surface area contributed by atoms with E-state index in [4.69, 9.17) is 0 Å². The van der Waals surface area contributed by atoms with Gasteiger partial charge in [0.05, 0.1) is 10.8 Å². The summed E-state index contributed by atoms with van der Waals surface area (Å²) >= 11 is 1.69. The molecule has 0 aromatic carbocycles. The maximum atomic E-state index is 11.1. The molecule has 22 heavy (non-hydrogen) atoms. The molecule has 0 radical (unpaired) electrons. The van der Waals surface area contributed by atoms with Crippen LogP contribution in [0.1, 0.15) is 23.2 Å². The normalized spacial score (nSPS) is 13.4. The van der Waals surface area contributed by atoms with Gasteiger partial charge in [0.1, 0.15) is 9.84 Å². The Morgan fingerprint density at radius 2 is 2.18 bits per heavy atom. The van der Waals surface area contributed by atoms with E-state index in [0.717, 1.165) is 18.0 Å². The summed E-state index contributed by atoms with van der Waals surface area (Å²) in [5.41, 5.74) is 0. The molecule has 0 bridgehead atoms. The number of hydrogen-bond acceptors (Lipinski definition) is 5. The van der Waals surface area contributed by atoms with E-state index < -0.39 is 9.84 Å². The highest BCUT2D eigenvalue weighted by Crippen LogP contribution is 2.10. The summed E-state index contributed by atoms with van der Waals surface area (Å²) in [7, 11) is -1.22. The van der Waals surface area contributed by atoms with Gasteiger partial charge < -0.3 is 10.6 Å². The lowest BCUT2D eigenvalue weighted by Gasteiger charge is -2.17. The van der Waals surface area contributed by atoms with Crippen LogP contribution >= 0.6 is 35.3 Å². The lowest BCUT2D eigenvalue weighted by Crippen LogP contribution is -2.43. The monoisotopic (exact) mass is 460 g/mol. The Bertz CT molecular complexity index is 572. The predicted octanol–water partition coefficient (Wildman–Crippen LogP) is 1.60. The Morgan fingerprint density at radius 1 is 1.50 bits per heavy atom. The first kappa shape index (κ1) is 21.6. The van der Waals surface area contributed by atoms with Crippen LogP contribution in [-0.4, -0.2) is 51.0 Å². The number of aromatic nitrogens is 1. The quantitative estimate of drug-likeness (QED) is 0.367. The summed E-state index contributed by atoms with van der Waals surface area (Å²) < 4.78 is 22.3. The zero-order valence-corrected chi connectivity index (χ0v) is 17.4. The molecule has 0 saturated heterocycles. The number of nitrogens with one attached hydrogen (secondary N) is 2. The summed E-state index contributed by atoms with van der Waals surface area (Å²) in [6, 6.07) is 0.0491. The van der Waals surface area contributed by atoms with E-state index in [0.29, 0.717) is 12.4 Å². The average molecular weight is 460 g/mol. The third-order valence-corrected chi connectivity index (χ3v) is 4.78. The van der Waals surface area contributed by atoms with Gasteiger partial charge in [0.2, 0.25) is 0 Å². The van der Waals surface area contributed by atoms with Crippen molar-refractivity contribution < 1.29 is 8.42 Å². The number of thiazole rings is 1. The highest BCUT2D eigenvalue weighted by molar-refractivity contribution is 14.0. The molecular formula is C13H25IN4O2S2. The highest BCUT2D eigenvalue weighted by Gasteiger charge is 2.09. The number of sulfone groups is 1. The molecule has 0 saturated carbocycles. The van der Waals surface area contributed by atoms with Gasteiger partial charge in [0, 0.05) is 43.4 Å². The minimum atomic E-state index is -2.92. The number of halogens is 1. The van der Waals surface area contributed by atoms with E-state index in [1.807, 2.05) is 20.0 Å². The summed E-state index contributed by atoms with van der Waals surface area (Å²) in [4.78, 5) is 9.65. The van der Waals surface area contributed by atoms with Crippen LogP contribution in [0.5, 0.6) is 0 Å². The van der Waals surface area contributed by atoms with Gasteiger partial charge in [-0.05, 0) is 20.3 Å². The fourth-order valence-corrected chi connectivity index (χ4v) is 3.26. The summed E-state index contributed by atoms with van der Waals surface area (Å²) in [6.07, 6.45) is 4.53. The van der Waals surface area contributed by atoms with E-state index in [2.05, 4.69) is 20.6 Å². The van der Waals surface area contributed by atoms with Gasteiger partial charge in [-0.25, -0.2) is 13.4 Å². The topological polar surface area (TPSA) is 83.4 Å². The van der Waals surface area contributed by atoms with Crippen molar-refractivity contribution in [3.05, 3.63) is 16.1 Å². The summed E-state index contributed by atoms with van der Waals surface area (Å²) in [5, 5.41) is 7.50. The molecule has 1 rings (SSSR count). The van der Waals surface area contributed by atoms with E-state index in [-0.39, 0.29) is 35.8 Å². The zero-order valence-electron chi connectivity index (χ0n) is 13.4. The Labute approximate surface area is 154 Å². The zero-order chi connectivity index (χ0) is 15.9. The molecule has 9 heteroatoms. The number of hydrogen-bond donors (Lipinski definition) is 2. The van der Waals surface area contributed by atoms with Crippen LogP contribution in [0.4, 0.5) is 0 Å². The van der Waals surface area contributed by atoms with Gasteiger partial charge >= 0.3 is 0 Å². The second-order valence-electron chi connectivity index (χ2n) is 5.08. The SMILES string of the molecule is CN=C(NCCc1ncc(C)s1)NC(C)CCS(C)(=O)=O.I. The average Bonchev–Trinajstić information content (AvgIpc) is 2.80. The lowest BCUT2D eigenvalue weighted by atomic mass is 10.3. The Kier molecular flexibility index (Phi) is 10.2. The first-order valence-electron chi connectivity index (χ1n) is 6.86. The van der Waals surface area contributed by atoms with Crippen LogP contribution < -0.4 is 10.6 Å². The van der Waals surface area contributed by atoms with E-state index in [9.17, 15) is 8.42 Å². The number of aryl methyl sites for hydroxylation is 1. The fraction of sp³-hybridized carbons (Fsp3) is 0.692. The van der Waals surface area contributed by atoms with Crippen molar-refractivity contribution in [3.63, 3.8) is 0 Å². The lowest BCUT2D eigenvalue weighted by molar-refractivity contribution is 0.581. The predicted molar refractivity (Wildman–Crippen MR) is 104 cm³/mol. The van der Waals surface area contributed by atoms with Crippen LogP contribution in [0.3, 0.4) is 0 Å². The van der Waals surface area contributed by atoms with Crippen LogP contribution in [0.2, 0.25) is 0 Å². The van der Waals surface area contributed by atoms with Gasteiger partial charge in [0.15, 0.2) is 5.96 Å². The van der Waals surface area contributed by atoms with Gasteiger partial charge in [-0.15, -0.1) is 35.3 Å². The van der Waals surface area contributed by atoms with Crippen LogP contribution in [-0.2, 0) is 16.3 Å². The molecule has 0 spiro atoms. The van der Waals surface area contributed by atoms with Crippen LogP contribution in [0.15, 0.2) is 11.2 Å². The third-order valence-electron chi connectivity index (χ3n) is 2.83. The molecule has 0 aliphatic heterocycles. The van der Waals surface area contributed by atoms with E-state index in [1.54, 1.807) is 18.4 Å². The number of nitrogens with zero attached hydrogens (tertiary/aromatic N) is 2. The molecule has 1 atom stereocenters. The Morgan fingerprint density at radius 3 is 2.68 bits per heavy atom. The first-order chi connectivity index (χ1) is 9.80. The fourth-order valence-electron chi connectivity index (χ4n) is 1.70. The van der Waals surface area contributed by atoms with Crippen molar-refractivity contribution in [3.8, 4) is 0 Å². The molecule has 0 fully saturated rings. The van der Waals surface area contributed by atoms with Crippen molar-refractivity contribution >= 4 is 51.1 Å². The van der Waals surface area contributed by atoms with Gasteiger partial charge in [-0.1, -0.05) is 0 Å². The minimum absolute atomic E-state index is 0. The summed E-state index contributed by atoms with van der Waals surface area (Å²) in [5.74, 6) is 0.862. The molecule has 6 nitrogen and oxygen atoms in total. The maximum Gasteiger partial charge on any atom is 0.191 e. The van der Waals surface area contributed by atoms with Crippen molar-refractivity contribution in [1.82, 2.24) is 15.6 Å². The standard InChI is InChI=1S/C13H24N4O2S2.HI/c1-10(6-8-21(4,18)19)17-13(14-3)15-7-5-12-16-9-11(2)20-12;/h9-10H,5-8H2,1-4H3,(H2,14,15,17);1H. The van der Waals surface area contributed by atoms with E-state index >= 15 is 0 Å². The first-order valence-corrected chi connectivity index (χ1v) is 9.74. The van der Waals surface area contributed by atoms with Gasteiger partial charge in [-0.2, -0.15) is 0 Å². The second-order valence-corrected chi connectivity index (χ2v) is 8.66. The highest BCUT2D eigenvalue weighted by atomic mass is 127. The minimum Gasteiger partial charge on any atom is -0.356 e. The molecule has 2 N–H and O–H groups in total. The molecule has 1 unspecified atom stereocenters. The van der Waals surface area contributed by atoms with Crippen molar-refractivity contribution in [1.29, 1.82) is 0 Å².